The van der Waals surface area contributed by atoms with Crippen LogP contribution in [-0.2, 0) is 0 Å². The van der Waals surface area contributed by atoms with Gasteiger partial charge in [0.1, 0.15) is 0 Å². The van der Waals surface area contributed by atoms with Gasteiger partial charge in [-0.3, -0.25) is 4.98 Å². The maximum Gasteiger partial charge on any atom is 0.0273 e. The Kier molecular flexibility index (Phi) is 3.20. The van der Waals surface area contributed by atoms with E-state index >= 15 is 0 Å². The quantitative estimate of drug-likeness (QED) is 0.753. The zero-order valence-corrected chi connectivity index (χ0v) is 9.06. The van der Waals surface area contributed by atoms with Crippen LogP contribution in [0.4, 0.5) is 0 Å². The molecule has 0 radical (unpaired) electrons. The first-order chi connectivity index (χ1) is 7.34. The topological polar surface area (TPSA) is 12.9 Å². The van der Waals surface area contributed by atoms with Crippen LogP contribution in [0.5, 0.6) is 0 Å². The molecule has 0 spiro atoms. The highest BCUT2D eigenvalue weighted by Gasteiger charge is 1.88. The van der Waals surface area contributed by atoms with Crippen LogP contribution in [0.3, 0.4) is 0 Å². The molecular formula is C13H11NS. The molecule has 1 aromatic heterocycles. The van der Waals surface area contributed by atoms with Gasteiger partial charge >= 0.3 is 0 Å². The summed E-state index contributed by atoms with van der Waals surface area (Å²) in [5.74, 6) is 0. The second-order valence-corrected chi connectivity index (χ2v) is 3.73. The second kappa shape index (κ2) is 4.80. The molecule has 15 heavy (non-hydrogen) atoms. The van der Waals surface area contributed by atoms with Gasteiger partial charge in [0.05, 0.1) is 0 Å². The van der Waals surface area contributed by atoms with Gasteiger partial charge in [0.2, 0.25) is 0 Å². The van der Waals surface area contributed by atoms with Gasteiger partial charge in [-0.2, -0.15) is 0 Å². The largest absolute Gasteiger partial charge is 0.265 e. The Bertz CT molecular complexity index is 463. The van der Waals surface area contributed by atoms with Crippen molar-refractivity contribution in [2.45, 2.75) is 4.90 Å². The molecular weight excluding hydrogens is 202 g/mol. The van der Waals surface area contributed by atoms with Gasteiger partial charge < -0.3 is 0 Å². The predicted octanol–water partition coefficient (Wildman–Crippen LogP) is 3.54. The minimum absolute atomic E-state index is 0.979. The van der Waals surface area contributed by atoms with Gasteiger partial charge in [-0.05, 0) is 35.4 Å². The molecule has 2 heteroatoms. The summed E-state index contributed by atoms with van der Waals surface area (Å²) in [6, 6.07) is 12.0. The first kappa shape index (κ1) is 9.99. The molecule has 0 aliphatic heterocycles. The zero-order valence-electron chi connectivity index (χ0n) is 8.17. The molecule has 0 N–H and O–H groups in total. The Hall–Kier alpha value is -1.54. The number of benzene rings is 1. The van der Waals surface area contributed by atoms with Gasteiger partial charge in [0.15, 0.2) is 0 Å². The highest BCUT2D eigenvalue weighted by molar-refractivity contribution is 7.80. The fraction of sp³-hybridized carbons (Fsp3) is 0. The Balaban J connectivity index is 2.19. The predicted molar refractivity (Wildman–Crippen MR) is 66.9 cm³/mol. The van der Waals surface area contributed by atoms with Crippen LogP contribution in [0.1, 0.15) is 11.1 Å². The molecule has 1 heterocycles. The molecule has 0 fully saturated rings. The van der Waals surface area contributed by atoms with Gasteiger partial charge in [0.25, 0.3) is 0 Å². The van der Waals surface area contributed by atoms with Gasteiger partial charge in [-0.15, -0.1) is 12.6 Å². The Labute approximate surface area is 94.9 Å². The number of pyridine rings is 1. The third-order valence-electron chi connectivity index (χ3n) is 2.04. The Morgan fingerprint density at radius 3 is 2.40 bits per heavy atom. The zero-order chi connectivity index (χ0) is 10.5. The number of hydrogen-bond acceptors (Lipinski definition) is 2. The van der Waals surface area contributed by atoms with Crippen LogP contribution in [0.25, 0.3) is 12.2 Å². The van der Waals surface area contributed by atoms with Crippen LogP contribution < -0.4 is 0 Å². The van der Waals surface area contributed by atoms with E-state index in [0.717, 1.165) is 16.0 Å². The third kappa shape index (κ3) is 2.96. The monoisotopic (exact) mass is 213 g/mol. The van der Waals surface area contributed by atoms with E-state index in [4.69, 9.17) is 0 Å². The number of nitrogens with zero attached hydrogens (tertiary/aromatic N) is 1. The average Bonchev–Trinajstić information content (AvgIpc) is 2.28. The lowest BCUT2D eigenvalue weighted by atomic mass is 10.1. The van der Waals surface area contributed by atoms with E-state index in [9.17, 15) is 0 Å². The maximum absolute atomic E-state index is 4.29. The van der Waals surface area contributed by atoms with Crippen LogP contribution in [0.15, 0.2) is 53.7 Å². The summed E-state index contributed by atoms with van der Waals surface area (Å²) >= 11 is 4.29. The lowest BCUT2D eigenvalue weighted by Crippen LogP contribution is -1.74. The average molecular weight is 213 g/mol. The molecule has 1 nitrogen and oxygen atoms in total. The van der Waals surface area contributed by atoms with Crippen molar-refractivity contribution < 1.29 is 0 Å². The third-order valence-corrected chi connectivity index (χ3v) is 2.32. The van der Waals surface area contributed by atoms with E-state index < -0.39 is 0 Å². The smallest absolute Gasteiger partial charge is 0.0273 e. The van der Waals surface area contributed by atoms with Crippen molar-refractivity contribution in [1.82, 2.24) is 4.98 Å². The first-order valence-corrected chi connectivity index (χ1v) is 5.16. The normalized spacial score (nSPS) is 10.7. The Morgan fingerprint density at radius 2 is 1.67 bits per heavy atom. The molecule has 0 aliphatic rings. The van der Waals surface area contributed by atoms with E-state index in [1.807, 2.05) is 30.3 Å². The van der Waals surface area contributed by atoms with Crippen molar-refractivity contribution in [3.8, 4) is 0 Å². The molecule has 1 aromatic carbocycles. The Morgan fingerprint density at radius 1 is 0.933 bits per heavy atom. The first-order valence-electron chi connectivity index (χ1n) is 4.72. The van der Waals surface area contributed by atoms with Crippen molar-refractivity contribution in [1.29, 1.82) is 0 Å². The molecule has 2 rings (SSSR count). The molecule has 0 atom stereocenters. The second-order valence-electron chi connectivity index (χ2n) is 3.21. The number of thiol groups is 1. The molecule has 0 saturated carbocycles. The van der Waals surface area contributed by atoms with Crippen molar-refractivity contribution >= 4 is 24.8 Å². The van der Waals surface area contributed by atoms with E-state index in [1.54, 1.807) is 12.4 Å². The summed E-state index contributed by atoms with van der Waals surface area (Å²) in [6.07, 6.45) is 7.70. The minimum atomic E-state index is 0.979. The van der Waals surface area contributed by atoms with E-state index in [1.165, 1.54) is 0 Å². The fourth-order valence-electron chi connectivity index (χ4n) is 1.30. The van der Waals surface area contributed by atoms with Crippen LogP contribution in [0, 0.1) is 0 Å². The fourth-order valence-corrected chi connectivity index (χ4v) is 1.53. The molecule has 0 saturated heterocycles. The summed E-state index contributed by atoms with van der Waals surface area (Å²) in [7, 11) is 0. The number of aromatic nitrogens is 1. The molecule has 0 amide bonds. The van der Waals surface area contributed by atoms with Gasteiger partial charge in [-0.1, -0.05) is 24.3 Å². The summed E-state index contributed by atoms with van der Waals surface area (Å²) in [5.41, 5.74) is 2.30. The molecule has 0 aliphatic carbocycles. The van der Waals surface area contributed by atoms with Crippen molar-refractivity contribution in [3.63, 3.8) is 0 Å². The van der Waals surface area contributed by atoms with Crippen molar-refractivity contribution in [2.24, 2.45) is 0 Å². The number of hydrogen-bond donors (Lipinski definition) is 1. The van der Waals surface area contributed by atoms with Crippen molar-refractivity contribution in [3.05, 3.63) is 59.9 Å². The summed E-state index contributed by atoms with van der Waals surface area (Å²) < 4.78 is 0. The van der Waals surface area contributed by atoms with Crippen LogP contribution >= 0.6 is 12.6 Å². The van der Waals surface area contributed by atoms with Crippen molar-refractivity contribution in [2.75, 3.05) is 0 Å². The minimum Gasteiger partial charge on any atom is -0.265 e. The molecule has 74 valence electrons. The van der Waals surface area contributed by atoms with Gasteiger partial charge in [-0.25, -0.2) is 0 Å². The lowest BCUT2D eigenvalue weighted by Gasteiger charge is -1.95. The molecule has 2 aromatic rings. The lowest BCUT2D eigenvalue weighted by molar-refractivity contribution is 1.32. The van der Waals surface area contributed by atoms with E-state index in [2.05, 4.69) is 35.8 Å². The van der Waals surface area contributed by atoms with E-state index in [-0.39, 0.29) is 0 Å². The summed E-state index contributed by atoms with van der Waals surface area (Å²) in [5, 5.41) is 0. The summed E-state index contributed by atoms with van der Waals surface area (Å²) in [4.78, 5) is 4.95. The highest BCUT2D eigenvalue weighted by Crippen LogP contribution is 2.12. The summed E-state index contributed by atoms with van der Waals surface area (Å²) in [6.45, 7) is 0. The van der Waals surface area contributed by atoms with E-state index in [0.29, 0.717) is 0 Å². The maximum atomic E-state index is 4.29. The SMILES string of the molecule is Sc1cccc(/C=C/c2ccncc2)c1. The highest BCUT2D eigenvalue weighted by atomic mass is 32.1. The molecule has 0 bridgehead atoms. The standard InChI is InChI=1S/C13H11NS/c15-13-3-1-2-12(10-13)5-4-11-6-8-14-9-7-11/h1-10,15H/b5-4+. The molecule has 0 unspecified atom stereocenters. The number of rotatable bonds is 2. The van der Waals surface area contributed by atoms with Gasteiger partial charge in [0, 0.05) is 17.3 Å². The van der Waals surface area contributed by atoms with Crippen LogP contribution in [0.2, 0.25) is 0 Å². The van der Waals surface area contributed by atoms with Crippen LogP contribution in [-0.4, -0.2) is 4.98 Å².